The van der Waals surface area contributed by atoms with Gasteiger partial charge in [-0.2, -0.15) is 5.26 Å². The van der Waals surface area contributed by atoms with Crippen molar-refractivity contribution in [3.05, 3.63) is 0 Å². The molecule has 0 N–H and O–H groups in total. The first-order valence-electron chi connectivity index (χ1n) is 9.22. The van der Waals surface area contributed by atoms with Crippen molar-refractivity contribution in [3.63, 3.8) is 0 Å². The minimum absolute atomic E-state index is 0.277. The molecule has 0 rings (SSSR count). The molecule has 1 atom stereocenters. The summed E-state index contributed by atoms with van der Waals surface area (Å²) in [6, 6.07) is 3.48. The molecule has 0 aliphatic carbocycles. The summed E-state index contributed by atoms with van der Waals surface area (Å²) in [6.45, 7) is 22.5. The van der Waals surface area contributed by atoms with Crippen LogP contribution in [0.3, 0.4) is 0 Å². The van der Waals surface area contributed by atoms with E-state index in [9.17, 15) is 10.1 Å². The van der Waals surface area contributed by atoms with Gasteiger partial charge < -0.3 is 4.74 Å². The average molecular weight is 372 g/mol. The fraction of sp³-hybridized carbons (Fsp3) is 0.895. The van der Waals surface area contributed by atoms with E-state index in [4.69, 9.17) is 4.74 Å². The number of carbonyl (C=O) groups is 1. The number of esters is 1. The maximum atomic E-state index is 11.9. The van der Waals surface area contributed by atoms with Crippen molar-refractivity contribution in [2.24, 2.45) is 5.41 Å². The predicted molar refractivity (Wildman–Crippen MR) is 106 cm³/mol. The molecular formula is C19H38N3O2P. The van der Waals surface area contributed by atoms with Crippen LogP contribution in [-0.4, -0.2) is 45.3 Å². The number of rotatable bonds is 9. The Morgan fingerprint density at radius 3 is 1.44 bits per heavy atom. The van der Waals surface area contributed by atoms with Gasteiger partial charge in [-0.1, -0.05) is 0 Å². The van der Waals surface area contributed by atoms with Gasteiger partial charge in [0.1, 0.15) is 0 Å². The molecule has 146 valence electrons. The maximum Gasteiger partial charge on any atom is 0.303 e. The summed E-state index contributed by atoms with van der Waals surface area (Å²) in [6.07, 6.45) is 0. The van der Waals surface area contributed by atoms with E-state index in [0.29, 0.717) is 0 Å². The number of hydrogen-bond acceptors (Lipinski definition) is 5. The van der Waals surface area contributed by atoms with E-state index in [-0.39, 0.29) is 30.1 Å². The number of hydrogen-bond donors (Lipinski definition) is 0. The molecule has 0 fully saturated rings. The summed E-state index contributed by atoms with van der Waals surface area (Å²) in [5.41, 5.74) is -0.776. The molecule has 0 saturated heterocycles. The van der Waals surface area contributed by atoms with Crippen LogP contribution in [0.2, 0.25) is 0 Å². The summed E-state index contributed by atoms with van der Waals surface area (Å²) in [5.74, 6) is -0.819. The third-order valence-corrected chi connectivity index (χ3v) is 7.95. The summed E-state index contributed by atoms with van der Waals surface area (Å²) in [4.78, 5) is 11.9. The van der Waals surface area contributed by atoms with Crippen LogP contribution in [0.1, 0.15) is 76.2 Å². The van der Waals surface area contributed by atoms with Crippen molar-refractivity contribution in [2.75, 3.05) is 0 Å². The second kappa shape index (κ2) is 9.86. The van der Waals surface area contributed by atoms with Gasteiger partial charge in [-0.05, 0) is 69.2 Å². The molecule has 0 aromatic carbocycles. The molecular weight excluding hydrogens is 333 g/mol. The molecule has 1 unspecified atom stereocenters. The Morgan fingerprint density at radius 2 is 1.24 bits per heavy atom. The predicted octanol–water partition coefficient (Wildman–Crippen LogP) is 4.97. The third kappa shape index (κ3) is 6.51. The van der Waals surface area contributed by atoms with E-state index < -0.39 is 19.5 Å². The maximum absolute atomic E-state index is 11.9. The SMILES string of the molecule is CC(=O)OC(P(N(C(C)C)C(C)C)N(C(C)C)C(C)C)C(C)(C)C#N. The highest BCUT2D eigenvalue weighted by Gasteiger charge is 2.47. The lowest BCUT2D eigenvalue weighted by molar-refractivity contribution is -0.145. The zero-order valence-electron chi connectivity index (χ0n) is 18.0. The minimum Gasteiger partial charge on any atom is -0.453 e. The molecule has 0 spiro atoms. The van der Waals surface area contributed by atoms with Gasteiger partial charge in [-0.15, -0.1) is 0 Å². The Bertz CT molecular complexity index is 434. The Balaban J connectivity index is 6.47. The van der Waals surface area contributed by atoms with Gasteiger partial charge in [-0.25, -0.2) is 0 Å². The van der Waals surface area contributed by atoms with Crippen molar-refractivity contribution in [1.29, 1.82) is 5.26 Å². The quantitative estimate of drug-likeness (QED) is 0.423. The second-order valence-corrected chi connectivity index (χ2v) is 10.3. The Hall–Kier alpha value is -0.690. The minimum atomic E-state index is -1.03. The van der Waals surface area contributed by atoms with Crippen LogP contribution in [0, 0.1) is 16.7 Å². The lowest BCUT2D eigenvalue weighted by Crippen LogP contribution is -2.49. The molecule has 0 aliphatic heterocycles. The lowest BCUT2D eigenvalue weighted by atomic mass is 9.97. The summed E-state index contributed by atoms with van der Waals surface area (Å²) < 4.78 is 10.7. The first-order chi connectivity index (χ1) is 11.3. The van der Waals surface area contributed by atoms with Gasteiger partial charge in [-0.3, -0.25) is 14.1 Å². The van der Waals surface area contributed by atoms with Crippen molar-refractivity contribution in [2.45, 2.75) is 106 Å². The van der Waals surface area contributed by atoms with Crippen molar-refractivity contribution < 1.29 is 9.53 Å². The summed E-state index contributed by atoms with van der Waals surface area (Å²) in [7, 11) is -1.03. The van der Waals surface area contributed by atoms with Gasteiger partial charge >= 0.3 is 5.97 Å². The zero-order chi connectivity index (χ0) is 20.1. The molecule has 0 amide bonds. The molecule has 0 aromatic heterocycles. The number of ether oxygens (including phenoxy) is 1. The lowest BCUT2D eigenvalue weighted by Gasteiger charge is -2.51. The molecule has 0 heterocycles. The monoisotopic (exact) mass is 371 g/mol. The van der Waals surface area contributed by atoms with Crippen LogP contribution in [0.5, 0.6) is 0 Å². The molecule has 0 bridgehead atoms. The molecule has 0 saturated carbocycles. The number of carbonyl (C=O) groups excluding carboxylic acids is 1. The fourth-order valence-corrected chi connectivity index (χ4v) is 6.69. The molecule has 25 heavy (non-hydrogen) atoms. The number of nitriles is 1. The topological polar surface area (TPSA) is 56.6 Å². The normalized spacial score (nSPS) is 14.3. The molecule has 6 heteroatoms. The van der Waals surface area contributed by atoms with Crippen LogP contribution in [0.4, 0.5) is 0 Å². The van der Waals surface area contributed by atoms with Crippen LogP contribution >= 0.6 is 8.22 Å². The van der Waals surface area contributed by atoms with Crippen molar-refractivity contribution in [3.8, 4) is 6.07 Å². The molecule has 0 aliphatic rings. The Kier molecular flexibility index (Phi) is 9.58. The van der Waals surface area contributed by atoms with Crippen LogP contribution < -0.4 is 0 Å². The third-order valence-electron chi connectivity index (χ3n) is 3.98. The van der Waals surface area contributed by atoms with Gasteiger partial charge in [0.05, 0.1) is 19.7 Å². The van der Waals surface area contributed by atoms with Crippen LogP contribution in [-0.2, 0) is 9.53 Å². The first kappa shape index (κ1) is 24.3. The first-order valence-corrected chi connectivity index (χ1v) is 10.5. The van der Waals surface area contributed by atoms with E-state index in [1.807, 2.05) is 13.8 Å². The Labute approximate surface area is 156 Å². The van der Waals surface area contributed by atoms with Gasteiger partial charge in [0.15, 0.2) is 5.85 Å². The van der Waals surface area contributed by atoms with Crippen molar-refractivity contribution >= 4 is 14.2 Å². The van der Waals surface area contributed by atoms with Crippen LogP contribution in [0.25, 0.3) is 0 Å². The summed E-state index contributed by atoms with van der Waals surface area (Å²) >= 11 is 0. The molecule has 5 nitrogen and oxygen atoms in total. The smallest absolute Gasteiger partial charge is 0.303 e. The van der Waals surface area contributed by atoms with E-state index in [1.165, 1.54) is 6.92 Å². The number of nitrogens with zero attached hydrogens (tertiary/aromatic N) is 3. The van der Waals surface area contributed by atoms with Gasteiger partial charge in [0.25, 0.3) is 0 Å². The van der Waals surface area contributed by atoms with Gasteiger partial charge in [0.2, 0.25) is 0 Å². The van der Waals surface area contributed by atoms with E-state index in [0.717, 1.165) is 0 Å². The van der Waals surface area contributed by atoms with E-state index in [2.05, 4.69) is 70.8 Å². The summed E-state index contributed by atoms with van der Waals surface area (Å²) in [5, 5.41) is 9.78. The second-order valence-electron chi connectivity index (χ2n) is 8.25. The van der Waals surface area contributed by atoms with Gasteiger partial charge in [0, 0.05) is 31.1 Å². The Morgan fingerprint density at radius 1 is 0.920 bits per heavy atom. The fourth-order valence-electron chi connectivity index (χ4n) is 3.20. The highest BCUT2D eigenvalue weighted by atomic mass is 31.1. The average Bonchev–Trinajstić information content (AvgIpc) is 2.42. The highest BCUT2D eigenvalue weighted by Crippen LogP contribution is 2.58. The largest absolute Gasteiger partial charge is 0.453 e. The molecule has 0 radical (unpaired) electrons. The van der Waals surface area contributed by atoms with E-state index in [1.54, 1.807) is 0 Å². The van der Waals surface area contributed by atoms with E-state index >= 15 is 0 Å². The van der Waals surface area contributed by atoms with Crippen molar-refractivity contribution in [1.82, 2.24) is 9.34 Å². The molecule has 0 aromatic rings. The standard InChI is InChI=1S/C19H38N3O2P/c1-13(2)21(14(3)4)25(22(15(5)6)16(7)8)18(24-17(9)23)19(10,11)12-20/h13-16,18H,1-11H3. The van der Waals surface area contributed by atoms with Crippen LogP contribution in [0.15, 0.2) is 0 Å². The highest BCUT2D eigenvalue weighted by molar-refractivity contribution is 7.53. The zero-order valence-corrected chi connectivity index (χ0v) is 18.9.